The maximum atomic E-state index is 11.7. The van der Waals surface area contributed by atoms with Crippen LogP contribution in [0.5, 0.6) is 0 Å². The highest BCUT2D eigenvalue weighted by atomic mass is 16.2. The molecule has 1 aromatic heterocycles. The minimum atomic E-state index is -0.386. The Hall–Kier alpha value is -1.85. The number of hydrogen-bond donors (Lipinski definition) is 2. The van der Waals surface area contributed by atoms with Crippen LogP contribution in [0.1, 0.15) is 25.1 Å². The number of hydrogen-bond acceptors (Lipinski definition) is 3. The van der Waals surface area contributed by atoms with Crippen LogP contribution in [-0.2, 0) is 11.8 Å². The number of guanidine groups is 1. The van der Waals surface area contributed by atoms with E-state index >= 15 is 0 Å². The molecule has 1 atom stereocenters. The summed E-state index contributed by atoms with van der Waals surface area (Å²) in [5, 5.41) is 5.76. The average Bonchev–Trinajstić information content (AvgIpc) is 2.82. The zero-order valence-corrected chi connectivity index (χ0v) is 9.40. The standard InChI is InChI=1S/C10H15N5O/c1-3-4-12-10-13-8(9(16)14-10)7-5-11-6-15(7)2/h5-6,8H,3-4H2,1-2H3,(H2,12,13,14,16). The molecule has 1 amide bonds. The van der Waals surface area contributed by atoms with Crippen LogP contribution in [0, 0.1) is 0 Å². The van der Waals surface area contributed by atoms with Crippen molar-refractivity contribution in [3.8, 4) is 0 Å². The maximum absolute atomic E-state index is 11.7. The predicted octanol–water partition coefficient (Wildman–Crippen LogP) is -0.0534. The number of amides is 1. The normalized spacial score (nSPS) is 22.2. The van der Waals surface area contributed by atoms with Gasteiger partial charge in [0.15, 0.2) is 12.0 Å². The van der Waals surface area contributed by atoms with Gasteiger partial charge >= 0.3 is 0 Å². The number of carbonyl (C=O) groups excluding carboxylic acids is 1. The summed E-state index contributed by atoms with van der Waals surface area (Å²) < 4.78 is 1.82. The van der Waals surface area contributed by atoms with Gasteiger partial charge in [0.25, 0.3) is 5.91 Å². The molecule has 6 nitrogen and oxygen atoms in total. The van der Waals surface area contributed by atoms with Gasteiger partial charge in [-0.15, -0.1) is 0 Å². The van der Waals surface area contributed by atoms with Crippen molar-refractivity contribution in [2.45, 2.75) is 19.4 Å². The van der Waals surface area contributed by atoms with Gasteiger partial charge in [-0.3, -0.25) is 15.1 Å². The van der Waals surface area contributed by atoms with Crippen LogP contribution >= 0.6 is 0 Å². The Labute approximate surface area is 93.8 Å². The monoisotopic (exact) mass is 221 g/mol. The molecule has 1 fully saturated rings. The predicted molar refractivity (Wildman–Crippen MR) is 59.8 cm³/mol. The van der Waals surface area contributed by atoms with Crippen molar-refractivity contribution in [1.82, 2.24) is 20.2 Å². The van der Waals surface area contributed by atoms with Crippen molar-refractivity contribution in [3.05, 3.63) is 18.2 Å². The minimum Gasteiger partial charge on any atom is -0.339 e. The average molecular weight is 221 g/mol. The Kier molecular flexibility index (Phi) is 2.89. The summed E-state index contributed by atoms with van der Waals surface area (Å²) in [5.74, 6) is 0.469. The third kappa shape index (κ3) is 1.91. The second-order valence-electron chi connectivity index (χ2n) is 3.73. The third-order valence-electron chi connectivity index (χ3n) is 2.43. The summed E-state index contributed by atoms with van der Waals surface area (Å²) in [4.78, 5) is 19.9. The molecular weight excluding hydrogens is 206 g/mol. The fraction of sp³-hybridized carbons (Fsp3) is 0.500. The van der Waals surface area contributed by atoms with Crippen molar-refractivity contribution < 1.29 is 4.79 Å². The van der Waals surface area contributed by atoms with E-state index in [0.29, 0.717) is 12.5 Å². The number of nitrogens with zero attached hydrogens (tertiary/aromatic N) is 3. The summed E-state index contributed by atoms with van der Waals surface area (Å²) >= 11 is 0. The number of rotatable bonds is 3. The lowest BCUT2D eigenvalue weighted by atomic mass is 10.2. The van der Waals surface area contributed by atoms with E-state index in [0.717, 1.165) is 12.1 Å². The van der Waals surface area contributed by atoms with Crippen LogP contribution < -0.4 is 10.6 Å². The first-order valence-corrected chi connectivity index (χ1v) is 5.30. The number of nitrogens with one attached hydrogen (secondary N) is 2. The van der Waals surface area contributed by atoms with Gasteiger partial charge in [0.05, 0.1) is 18.2 Å². The van der Waals surface area contributed by atoms with Crippen LogP contribution in [0.2, 0.25) is 0 Å². The Balaban J connectivity index is 2.14. The van der Waals surface area contributed by atoms with Crippen molar-refractivity contribution in [3.63, 3.8) is 0 Å². The molecule has 1 saturated heterocycles. The third-order valence-corrected chi connectivity index (χ3v) is 2.43. The maximum Gasteiger partial charge on any atom is 0.255 e. The smallest absolute Gasteiger partial charge is 0.255 e. The van der Waals surface area contributed by atoms with Crippen LogP contribution in [0.15, 0.2) is 17.5 Å². The lowest BCUT2D eigenvalue weighted by Crippen LogP contribution is -2.25. The molecule has 1 aliphatic rings. The molecule has 6 heteroatoms. The van der Waals surface area contributed by atoms with Gasteiger partial charge < -0.3 is 9.88 Å². The van der Waals surface area contributed by atoms with Gasteiger partial charge in [0, 0.05) is 13.6 Å². The Morgan fingerprint density at radius 1 is 1.62 bits per heavy atom. The topological polar surface area (TPSA) is 71.3 Å². The van der Waals surface area contributed by atoms with Crippen LogP contribution in [0.25, 0.3) is 0 Å². The van der Waals surface area contributed by atoms with E-state index < -0.39 is 0 Å². The van der Waals surface area contributed by atoms with E-state index in [-0.39, 0.29) is 11.9 Å². The molecule has 0 aromatic carbocycles. The molecular formula is C10H15N5O. The number of aromatic nitrogens is 2. The number of aryl methyl sites for hydroxylation is 1. The van der Waals surface area contributed by atoms with Crippen LogP contribution in [0.4, 0.5) is 0 Å². The SMILES string of the molecule is CCCN=C1NC(=O)C(c2cncn2C)N1. The Morgan fingerprint density at radius 2 is 2.44 bits per heavy atom. The first kappa shape index (κ1) is 10.7. The van der Waals surface area contributed by atoms with Gasteiger partial charge in [-0.05, 0) is 6.42 Å². The molecule has 2 N–H and O–H groups in total. The van der Waals surface area contributed by atoms with E-state index in [1.807, 2.05) is 18.5 Å². The van der Waals surface area contributed by atoms with Crippen molar-refractivity contribution in [2.75, 3.05) is 6.54 Å². The summed E-state index contributed by atoms with van der Waals surface area (Å²) in [6.45, 7) is 2.75. The highest BCUT2D eigenvalue weighted by molar-refractivity contribution is 6.06. The Bertz CT molecular complexity index is 423. The summed E-state index contributed by atoms with van der Waals surface area (Å²) in [5.41, 5.74) is 0.833. The van der Waals surface area contributed by atoms with E-state index in [4.69, 9.17) is 0 Å². The van der Waals surface area contributed by atoms with Crippen LogP contribution in [0.3, 0.4) is 0 Å². The minimum absolute atomic E-state index is 0.0848. The molecule has 0 bridgehead atoms. The first-order valence-electron chi connectivity index (χ1n) is 5.30. The fourth-order valence-electron chi connectivity index (χ4n) is 1.59. The molecule has 0 radical (unpaired) electrons. The van der Waals surface area contributed by atoms with Crippen LogP contribution in [-0.4, -0.2) is 28.0 Å². The molecule has 2 rings (SSSR count). The zero-order valence-electron chi connectivity index (χ0n) is 9.40. The van der Waals surface area contributed by atoms with E-state index in [9.17, 15) is 4.79 Å². The van der Waals surface area contributed by atoms with Gasteiger partial charge in [0.2, 0.25) is 0 Å². The van der Waals surface area contributed by atoms with Crippen molar-refractivity contribution >= 4 is 11.9 Å². The second kappa shape index (κ2) is 4.34. The lowest BCUT2D eigenvalue weighted by Gasteiger charge is -2.07. The Morgan fingerprint density at radius 3 is 3.06 bits per heavy atom. The molecule has 1 aromatic rings. The summed E-state index contributed by atoms with van der Waals surface area (Å²) in [6.07, 6.45) is 4.31. The van der Waals surface area contributed by atoms with E-state index in [1.54, 1.807) is 12.5 Å². The van der Waals surface area contributed by atoms with Gasteiger partial charge in [-0.2, -0.15) is 0 Å². The van der Waals surface area contributed by atoms with E-state index in [1.165, 1.54) is 0 Å². The highest BCUT2D eigenvalue weighted by Crippen LogP contribution is 2.14. The number of imidazole rings is 1. The zero-order chi connectivity index (χ0) is 11.5. The molecule has 0 aliphatic carbocycles. The molecule has 2 heterocycles. The molecule has 16 heavy (non-hydrogen) atoms. The summed E-state index contributed by atoms with van der Waals surface area (Å²) in [6, 6.07) is -0.386. The first-order chi connectivity index (χ1) is 7.72. The molecule has 1 unspecified atom stereocenters. The molecule has 1 aliphatic heterocycles. The van der Waals surface area contributed by atoms with Gasteiger partial charge in [-0.1, -0.05) is 6.92 Å². The van der Waals surface area contributed by atoms with Gasteiger partial charge in [-0.25, -0.2) is 4.98 Å². The lowest BCUT2D eigenvalue weighted by molar-refractivity contribution is -0.120. The van der Waals surface area contributed by atoms with Crippen molar-refractivity contribution in [2.24, 2.45) is 12.0 Å². The van der Waals surface area contributed by atoms with Gasteiger partial charge in [0.1, 0.15) is 0 Å². The fourth-order valence-corrected chi connectivity index (χ4v) is 1.59. The molecule has 86 valence electrons. The number of carbonyl (C=O) groups is 1. The highest BCUT2D eigenvalue weighted by Gasteiger charge is 2.31. The molecule has 0 spiro atoms. The largest absolute Gasteiger partial charge is 0.339 e. The quantitative estimate of drug-likeness (QED) is 0.751. The summed E-state index contributed by atoms with van der Waals surface area (Å²) in [7, 11) is 1.86. The molecule has 0 saturated carbocycles. The van der Waals surface area contributed by atoms with Crippen molar-refractivity contribution in [1.29, 1.82) is 0 Å². The number of aliphatic imine (C=N–C) groups is 1. The van der Waals surface area contributed by atoms with E-state index in [2.05, 4.69) is 20.6 Å². The second-order valence-corrected chi connectivity index (χ2v) is 3.73.